The van der Waals surface area contributed by atoms with Gasteiger partial charge in [0.05, 0.1) is 30.5 Å². The Bertz CT molecular complexity index is 977. The molecule has 0 aromatic carbocycles. The highest BCUT2D eigenvalue weighted by Crippen LogP contribution is 2.75. The number of aliphatic hydroxyl groups is 3. The van der Waals surface area contributed by atoms with Crippen molar-refractivity contribution in [2.45, 2.75) is 111 Å². The predicted octanol–water partition coefficient (Wildman–Crippen LogP) is 4.59. The number of rotatable bonds is 2. The first kappa shape index (κ1) is 25.6. The highest BCUT2D eigenvalue weighted by molar-refractivity contribution is 5.88. The van der Waals surface area contributed by atoms with Gasteiger partial charge in [-0.3, -0.25) is 4.79 Å². The van der Waals surface area contributed by atoms with Gasteiger partial charge >= 0.3 is 0 Å². The molecule has 1 heterocycles. The summed E-state index contributed by atoms with van der Waals surface area (Å²) in [5.41, 5.74) is -0.0837. The van der Waals surface area contributed by atoms with Crippen LogP contribution in [0.5, 0.6) is 0 Å². The van der Waals surface area contributed by atoms with Gasteiger partial charge in [-0.05, 0) is 67.8 Å². The fraction of sp³-hybridized carbons (Fsp3) is 0.833. The number of hydrogen-bond donors (Lipinski definition) is 3. The fourth-order valence-corrected chi connectivity index (χ4v) is 9.95. The van der Waals surface area contributed by atoms with Crippen LogP contribution in [0.3, 0.4) is 0 Å². The molecule has 5 nitrogen and oxygen atoms in total. The van der Waals surface area contributed by atoms with E-state index in [0.29, 0.717) is 18.6 Å². The summed E-state index contributed by atoms with van der Waals surface area (Å²) in [5, 5.41) is 32.1. The van der Waals surface area contributed by atoms with Gasteiger partial charge in [0.25, 0.3) is 0 Å². The zero-order chi connectivity index (χ0) is 25.8. The Labute approximate surface area is 211 Å². The summed E-state index contributed by atoms with van der Waals surface area (Å²) in [4.78, 5) is 14.3. The first-order valence-corrected chi connectivity index (χ1v) is 13.7. The zero-order valence-corrected chi connectivity index (χ0v) is 22.7. The van der Waals surface area contributed by atoms with Gasteiger partial charge in [-0.1, -0.05) is 52.3 Å². The second-order valence-electron chi connectivity index (χ2n) is 14.2. The van der Waals surface area contributed by atoms with E-state index in [1.54, 1.807) is 0 Å². The lowest BCUT2D eigenvalue weighted by Crippen LogP contribution is -2.64. The van der Waals surface area contributed by atoms with Crippen LogP contribution >= 0.6 is 0 Å². The molecule has 0 bridgehead atoms. The van der Waals surface area contributed by atoms with Crippen LogP contribution in [-0.4, -0.2) is 51.6 Å². The van der Waals surface area contributed by atoms with Gasteiger partial charge in [0.2, 0.25) is 0 Å². The van der Waals surface area contributed by atoms with Crippen molar-refractivity contribution in [2.24, 2.45) is 39.4 Å². The number of carbonyl (C=O) groups is 1. The Kier molecular flexibility index (Phi) is 5.68. The third-order valence-electron chi connectivity index (χ3n) is 11.9. The Balaban J connectivity index is 1.57. The van der Waals surface area contributed by atoms with E-state index in [9.17, 15) is 20.1 Å². The monoisotopic (exact) mass is 486 g/mol. The maximum atomic E-state index is 14.3. The third kappa shape index (κ3) is 3.23. The van der Waals surface area contributed by atoms with Gasteiger partial charge in [-0.2, -0.15) is 0 Å². The molecule has 4 fully saturated rings. The van der Waals surface area contributed by atoms with Crippen LogP contribution in [0.15, 0.2) is 23.3 Å². The lowest BCUT2D eigenvalue weighted by atomic mass is 9.38. The maximum Gasteiger partial charge on any atom is 0.140 e. The number of aliphatic hydroxyl groups excluding tert-OH is 2. The molecular formula is C30H46O5. The molecule has 196 valence electrons. The Morgan fingerprint density at radius 3 is 2.46 bits per heavy atom. The van der Waals surface area contributed by atoms with Crippen LogP contribution in [0.2, 0.25) is 0 Å². The lowest BCUT2D eigenvalue weighted by molar-refractivity contribution is -0.200. The number of ether oxygens (including phenoxy) is 1. The maximum absolute atomic E-state index is 14.3. The van der Waals surface area contributed by atoms with Crippen LogP contribution < -0.4 is 0 Å². The number of Topliss-reactive ketones (excluding diaryl/α,β-unsaturated/α-hetero) is 1. The fourth-order valence-electron chi connectivity index (χ4n) is 9.95. The standard InChI is InChI=1S/C30H46O5/c1-17(16-31)12-18-13-29(6,34)25-21(35-18)14-27(4)22-10-8-19-20(9-11-23(32)26(19,2)3)30(22,7)24(33)15-28(25,27)5/h8,12,18,20-23,25,31-32,34H,9-11,13-16H2,1-7H3/b17-12+/t18-,20+,21+,22-,23-,25-,27-,28+,29-,30-/m0/s1. The summed E-state index contributed by atoms with van der Waals surface area (Å²) in [6.45, 7) is 14.9. The normalized spacial score (nSPS) is 53.3. The summed E-state index contributed by atoms with van der Waals surface area (Å²) < 4.78 is 6.64. The molecule has 0 spiro atoms. The summed E-state index contributed by atoms with van der Waals surface area (Å²) in [6, 6.07) is 0. The number of fused-ring (bicyclic) bond motifs is 7. The molecule has 0 amide bonds. The number of ketones is 1. The molecule has 0 unspecified atom stereocenters. The van der Waals surface area contributed by atoms with Crippen LogP contribution in [-0.2, 0) is 9.53 Å². The minimum absolute atomic E-state index is 0.0123. The van der Waals surface area contributed by atoms with Crippen LogP contribution in [0, 0.1) is 39.4 Å². The van der Waals surface area contributed by atoms with Gasteiger partial charge < -0.3 is 20.1 Å². The Hall–Kier alpha value is -1.01. The number of carbonyl (C=O) groups excluding carboxylic acids is 1. The Morgan fingerprint density at radius 2 is 1.80 bits per heavy atom. The van der Waals surface area contributed by atoms with E-state index in [0.717, 1.165) is 31.3 Å². The Morgan fingerprint density at radius 1 is 1.11 bits per heavy atom. The van der Waals surface area contributed by atoms with Crippen molar-refractivity contribution < 1.29 is 24.9 Å². The molecule has 4 aliphatic carbocycles. The van der Waals surface area contributed by atoms with Crippen molar-refractivity contribution in [3.8, 4) is 0 Å². The molecule has 3 saturated carbocycles. The molecule has 5 aliphatic rings. The van der Waals surface area contributed by atoms with Crippen molar-refractivity contribution in [2.75, 3.05) is 6.61 Å². The van der Waals surface area contributed by atoms with Crippen molar-refractivity contribution in [3.05, 3.63) is 23.3 Å². The van der Waals surface area contributed by atoms with Gasteiger partial charge in [0, 0.05) is 29.6 Å². The largest absolute Gasteiger partial charge is 0.392 e. The predicted molar refractivity (Wildman–Crippen MR) is 135 cm³/mol. The molecule has 5 heteroatoms. The number of allylic oxidation sites excluding steroid dienone is 1. The zero-order valence-electron chi connectivity index (χ0n) is 22.7. The smallest absolute Gasteiger partial charge is 0.140 e. The van der Waals surface area contributed by atoms with Crippen molar-refractivity contribution in [1.82, 2.24) is 0 Å². The quantitative estimate of drug-likeness (QED) is 0.497. The number of hydrogen-bond acceptors (Lipinski definition) is 5. The summed E-state index contributed by atoms with van der Waals surface area (Å²) >= 11 is 0. The van der Waals surface area contributed by atoms with Crippen LogP contribution in [0.4, 0.5) is 0 Å². The minimum Gasteiger partial charge on any atom is -0.392 e. The average Bonchev–Trinajstić information content (AvgIpc) is 2.97. The highest BCUT2D eigenvalue weighted by Gasteiger charge is 2.74. The van der Waals surface area contributed by atoms with E-state index >= 15 is 0 Å². The van der Waals surface area contributed by atoms with E-state index in [2.05, 4.69) is 40.7 Å². The van der Waals surface area contributed by atoms with Gasteiger partial charge in [0.1, 0.15) is 5.78 Å². The second-order valence-corrected chi connectivity index (χ2v) is 14.2. The van der Waals surface area contributed by atoms with Gasteiger partial charge in [0.15, 0.2) is 0 Å². The molecule has 5 rings (SSSR count). The SMILES string of the molecule is C/C(=C\[C@H]1C[C@](C)(O)[C@H]2[C@@H](C[C@@]3(C)[C@@H]4CC=C5[C@@H](CC[C@H](O)C5(C)C)[C@]4(C)C(=O)C[C@]23C)O1)CO. The van der Waals surface area contributed by atoms with Crippen molar-refractivity contribution in [1.29, 1.82) is 0 Å². The average molecular weight is 487 g/mol. The molecule has 0 aromatic rings. The molecule has 3 N–H and O–H groups in total. The molecule has 0 radical (unpaired) electrons. The molecule has 0 aromatic heterocycles. The summed E-state index contributed by atoms with van der Waals surface area (Å²) in [5.74, 6) is 0.571. The van der Waals surface area contributed by atoms with Gasteiger partial charge in [-0.25, -0.2) is 0 Å². The van der Waals surface area contributed by atoms with E-state index in [-0.39, 0.29) is 58.9 Å². The first-order chi connectivity index (χ1) is 16.1. The molecule has 35 heavy (non-hydrogen) atoms. The van der Waals surface area contributed by atoms with E-state index in [1.807, 2.05) is 19.9 Å². The van der Waals surface area contributed by atoms with Gasteiger partial charge in [-0.15, -0.1) is 0 Å². The van der Waals surface area contributed by atoms with Crippen molar-refractivity contribution in [3.63, 3.8) is 0 Å². The third-order valence-corrected chi connectivity index (χ3v) is 11.9. The van der Waals surface area contributed by atoms with E-state index < -0.39 is 11.0 Å². The first-order valence-electron chi connectivity index (χ1n) is 13.7. The highest BCUT2D eigenvalue weighted by atomic mass is 16.5. The van der Waals surface area contributed by atoms with Crippen LogP contribution in [0.25, 0.3) is 0 Å². The topological polar surface area (TPSA) is 87.0 Å². The van der Waals surface area contributed by atoms with Crippen molar-refractivity contribution >= 4 is 5.78 Å². The molecular weight excluding hydrogens is 440 g/mol. The molecule has 10 atom stereocenters. The molecule has 1 aliphatic heterocycles. The summed E-state index contributed by atoms with van der Waals surface area (Å²) in [6.07, 6.45) is 7.82. The van der Waals surface area contributed by atoms with E-state index in [4.69, 9.17) is 4.74 Å². The molecule has 1 saturated heterocycles. The minimum atomic E-state index is -0.951. The lowest BCUT2D eigenvalue weighted by Gasteiger charge is -2.65. The summed E-state index contributed by atoms with van der Waals surface area (Å²) in [7, 11) is 0. The van der Waals surface area contributed by atoms with E-state index in [1.165, 1.54) is 5.57 Å². The van der Waals surface area contributed by atoms with Crippen LogP contribution in [0.1, 0.15) is 87.0 Å². The second kappa shape index (κ2) is 7.75.